The van der Waals surface area contributed by atoms with Crippen LogP contribution in [0.15, 0.2) is 0 Å². The van der Waals surface area contributed by atoms with Crippen molar-refractivity contribution in [2.75, 3.05) is 11.5 Å². The molecule has 1 aliphatic heterocycles. The highest BCUT2D eigenvalue weighted by molar-refractivity contribution is 7.91. The molecule has 0 atom stereocenters. The van der Waals surface area contributed by atoms with Crippen molar-refractivity contribution in [3.8, 4) is 0 Å². The van der Waals surface area contributed by atoms with Gasteiger partial charge in [0.05, 0.1) is 16.9 Å². The summed E-state index contributed by atoms with van der Waals surface area (Å²) in [6.45, 7) is 7.65. The van der Waals surface area contributed by atoms with Crippen LogP contribution in [0, 0.1) is 11.3 Å². The molecule has 0 radical (unpaired) electrons. The quantitative estimate of drug-likeness (QED) is 0.818. The molecule has 1 aliphatic rings. The maximum Gasteiger partial charge on any atom is 0.312 e. The van der Waals surface area contributed by atoms with E-state index in [4.69, 9.17) is 4.74 Å². The van der Waals surface area contributed by atoms with Crippen molar-refractivity contribution in [1.82, 2.24) is 15.2 Å². The molecular weight excluding hydrogens is 318 g/mol. The Labute approximate surface area is 137 Å². The molecular formula is C15H25N3O4S. The molecule has 1 aromatic rings. The van der Waals surface area contributed by atoms with Crippen LogP contribution >= 0.6 is 0 Å². The Morgan fingerprint density at radius 3 is 2.48 bits per heavy atom. The van der Waals surface area contributed by atoms with E-state index in [0.717, 1.165) is 0 Å². The van der Waals surface area contributed by atoms with E-state index in [1.165, 1.54) is 0 Å². The summed E-state index contributed by atoms with van der Waals surface area (Å²) >= 11 is 0. The molecule has 0 saturated carbocycles. The van der Waals surface area contributed by atoms with Crippen molar-refractivity contribution in [1.29, 1.82) is 0 Å². The van der Waals surface area contributed by atoms with Gasteiger partial charge in [-0.2, -0.15) is 5.10 Å². The van der Waals surface area contributed by atoms with Gasteiger partial charge in [0.2, 0.25) is 0 Å². The lowest BCUT2D eigenvalue weighted by Crippen LogP contribution is -2.39. The van der Waals surface area contributed by atoms with Gasteiger partial charge in [0.1, 0.15) is 9.84 Å². The number of esters is 1. The largest absolute Gasteiger partial charge is 0.457 e. The van der Waals surface area contributed by atoms with E-state index in [0.29, 0.717) is 24.5 Å². The van der Waals surface area contributed by atoms with E-state index in [-0.39, 0.29) is 35.9 Å². The van der Waals surface area contributed by atoms with Crippen LogP contribution in [-0.4, -0.2) is 41.1 Å². The number of aromatic amines is 1. The number of carbonyl (C=O) groups excluding carboxylic acids is 1. The number of ether oxygens (including phenoxy) is 1. The molecule has 2 heterocycles. The summed E-state index contributed by atoms with van der Waals surface area (Å²) in [5, 5.41) is 6.83. The van der Waals surface area contributed by atoms with Crippen LogP contribution in [0.25, 0.3) is 0 Å². The van der Waals surface area contributed by atoms with Gasteiger partial charge in [0.25, 0.3) is 0 Å². The molecule has 0 unspecified atom stereocenters. The average molecular weight is 343 g/mol. The Morgan fingerprint density at radius 2 is 1.96 bits per heavy atom. The van der Waals surface area contributed by atoms with Crippen molar-refractivity contribution in [2.45, 2.75) is 53.1 Å². The molecule has 130 valence electrons. The lowest BCUT2D eigenvalue weighted by Gasteiger charge is -2.34. The summed E-state index contributed by atoms with van der Waals surface area (Å²) in [7, 11) is -2.94. The minimum Gasteiger partial charge on any atom is -0.457 e. The monoisotopic (exact) mass is 343 g/mol. The predicted molar refractivity (Wildman–Crippen MR) is 85.4 cm³/mol. The molecule has 0 amide bonds. The summed E-state index contributed by atoms with van der Waals surface area (Å²) in [4.78, 5) is 16.7. The second kappa shape index (κ2) is 6.59. The summed E-state index contributed by atoms with van der Waals surface area (Å²) in [5.74, 6) is 1.39. The van der Waals surface area contributed by atoms with Crippen LogP contribution in [0.5, 0.6) is 0 Å². The Morgan fingerprint density at radius 1 is 1.35 bits per heavy atom. The number of rotatable bonds is 5. The highest BCUT2D eigenvalue weighted by Gasteiger charge is 2.41. The first kappa shape index (κ1) is 17.9. The molecule has 2 rings (SSSR count). The number of aromatic nitrogens is 3. The zero-order valence-electron chi connectivity index (χ0n) is 14.1. The third-order valence-electron chi connectivity index (χ3n) is 4.51. The van der Waals surface area contributed by atoms with Crippen LogP contribution < -0.4 is 0 Å². The van der Waals surface area contributed by atoms with Gasteiger partial charge in [-0.15, -0.1) is 0 Å². The first-order valence-corrected chi connectivity index (χ1v) is 9.73. The van der Waals surface area contributed by atoms with Crippen molar-refractivity contribution in [2.24, 2.45) is 11.3 Å². The second-order valence-electron chi connectivity index (χ2n) is 7.02. The molecule has 7 nitrogen and oxygen atoms in total. The Kier molecular flexibility index (Phi) is 5.13. The standard InChI is InChI=1S/C15H25N3O4S/c1-10(2)13-16-12(17-18-13)9-22-14(19)15(3,4)11-5-7-23(20,21)8-6-11/h10-11H,5-9H2,1-4H3,(H,16,17,18). The van der Waals surface area contributed by atoms with E-state index < -0.39 is 15.3 Å². The predicted octanol–water partition coefficient (Wildman–Crippen LogP) is 1.82. The minimum absolute atomic E-state index is 0.0134. The fourth-order valence-electron chi connectivity index (χ4n) is 2.73. The van der Waals surface area contributed by atoms with E-state index in [9.17, 15) is 13.2 Å². The molecule has 0 bridgehead atoms. The molecule has 0 aromatic carbocycles. The number of nitrogens with one attached hydrogen (secondary N) is 1. The molecule has 1 aromatic heterocycles. The van der Waals surface area contributed by atoms with E-state index in [1.807, 2.05) is 27.7 Å². The van der Waals surface area contributed by atoms with Crippen LogP contribution in [-0.2, 0) is 26.0 Å². The van der Waals surface area contributed by atoms with Gasteiger partial charge in [-0.1, -0.05) is 13.8 Å². The second-order valence-corrected chi connectivity index (χ2v) is 9.32. The topological polar surface area (TPSA) is 102 Å². The van der Waals surface area contributed by atoms with Crippen molar-refractivity contribution < 1.29 is 17.9 Å². The van der Waals surface area contributed by atoms with Crippen molar-refractivity contribution >= 4 is 15.8 Å². The zero-order chi connectivity index (χ0) is 17.3. The lowest BCUT2D eigenvalue weighted by atomic mass is 9.75. The summed E-state index contributed by atoms with van der Waals surface area (Å²) in [6, 6.07) is 0. The fourth-order valence-corrected chi connectivity index (χ4v) is 4.22. The molecule has 1 saturated heterocycles. The van der Waals surface area contributed by atoms with Gasteiger partial charge in [-0.25, -0.2) is 13.4 Å². The Balaban J connectivity index is 1.93. The first-order chi connectivity index (χ1) is 10.6. The Bertz CT molecular complexity index is 650. The van der Waals surface area contributed by atoms with Gasteiger partial charge in [0.15, 0.2) is 18.3 Å². The Hall–Kier alpha value is -1.44. The number of nitrogens with zero attached hydrogens (tertiary/aromatic N) is 2. The van der Waals surface area contributed by atoms with E-state index in [2.05, 4.69) is 15.2 Å². The summed E-state index contributed by atoms with van der Waals surface area (Å²) < 4.78 is 28.4. The third kappa shape index (κ3) is 4.31. The van der Waals surface area contributed by atoms with Crippen LogP contribution in [0.3, 0.4) is 0 Å². The van der Waals surface area contributed by atoms with E-state index >= 15 is 0 Å². The van der Waals surface area contributed by atoms with Crippen molar-refractivity contribution in [3.05, 3.63) is 11.6 Å². The number of hydrogen-bond acceptors (Lipinski definition) is 6. The van der Waals surface area contributed by atoms with Gasteiger partial charge in [-0.05, 0) is 32.6 Å². The third-order valence-corrected chi connectivity index (χ3v) is 6.22. The first-order valence-electron chi connectivity index (χ1n) is 7.90. The van der Waals surface area contributed by atoms with Crippen molar-refractivity contribution in [3.63, 3.8) is 0 Å². The number of carbonyl (C=O) groups is 1. The lowest BCUT2D eigenvalue weighted by molar-refractivity contribution is -0.159. The maximum absolute atomic E-state index is 12.4. The zero-order valence-corrected chi connectivity index (χ0v) is 14.9. The van der Waals surface area contributed by atoms with Crippen LogP contribution in [0.1, 0.15) is 58.1 Å². The highest BCUT2D eigenvalue weighted by Crippen LogP contribution is 2.37. The highest BCUT2D eigenvalue weighted by atomic mass is 32.2. The number of H-pyrrole nitrogens is 1. The van der Waals surface area contributed by atoms with E-state index in [1.54, 1.807) is 0 Å². The normalized spacial score (nSPS) is 19.0. The van der Waals surface area contributed by atoms with Gasteiger partial charge >= 0.3 is 5.97 Å². The van der Waals surface area contributed by atoms with Crippen LogP contribution in [0.4, 0.5) is 0 Å². The number of hydrogen-bond donors (Lipinski definition) is 1. The van der Waals surface area contributed by atoms with Crippen LogP contribution in [0.2, 0.25) is 0 Å². The molecule has 0 aliphatic carbocycles. The molecule has 8 heteroatoms. The van der Waals surface area contributed by atoms with Gasteiger partial charge in [-0.3, -0.25) is 9.89 Å². The maximum atomic E-state index is 12.4. The molecule has 23 heavy (non-hydrogen) atoms. The smallest absolute Gasteiger partial charge is 0.312 e. The molecule has 1 N–H and O–H groups in total. The summed E-state index contributed by atoms with van der Waals surface area (Å²) in [5.41, 5.74) is -0.711. The molecule has 1 fully saturated rings. The van der Waals surface area contributed by atoms with Gasteiger partial charge in [0, 0.05) is 5.92 Å². The fraction of sp³-hybridized carbons (Fsp3) is 0.800. The average Bonchev–Trinajstić information content (AvgIpc) is 2.93. The minimum atomic E-state index is -2.94. The number of sulfone groups is 1. The summed E-state index contributed by atoms with van der Waals surface area (Å²) in [6.07, 6.45) is 1.01. The SMILES string of the molecule is CC(C)c1n[nH]c(COC(=O)C(C)(C)C2CCS(=O)(=O)CC2)n1. The van der Waals surface area contributed by atoms with Gasteiger partial charge < -0.3 is 4.74 Å². The molecule has 0 spiro atoms.